The van der Waals surface area contributed by atoms with Gasteiger partial charge in [0.25, 0.3) is 0 Å². The third kappa shape index (κ3) is 2.87. The number of rotatable bonds is 5. The smallest absolute Gasteiger partial charge is 0.134 e. The average molecular weight is 288 g/mol. The monoisotopic (exact) mass is 287 g/mol. The van der Waals surface area contributed by atoms with Gasteiger partial charge in [-0.1, -0.05) is 6.92 Å². The minimum atomic E-state index is 0.293. The van der Waals surface area contributed by atoms with Gasteiger partial charge in [-0.2, -0.15) is 0 Å². The van der Waals surface area contributed by atoms with Crippen LogP contribution in [0, 0.1) is 5.92 Å². The van der Waals surface area contributed by atoms with Gasteiger partial charge in [0.1, 0.15) is 5.76 Å². The predicted molar refractivity (Wildman–Crippen MR) is 66.4 cm³/mol. The fraction of sp³-hybridized carbons (Fsp3) is 0.667. The van der Waals surface area contributed by atoms with Crippen molar-refractivity contribution < 1.29 is 9.15 Å². The van der Waals surface area contributed by atoms with Gasteiger partial charge in [0, 0.05) is 13.2 Å². The highest BCUT2D eigenvalue weighted by Gasteiger charge is 2.24. The second kappa shape index (κ2) is 5.84. The topological polar surface area (TPSA) is 34.4 Å². The first-order chi connectivity index (χ1) is 7.81. The van der Waals surface area contributed by atoms with Gasteiger partial charge >= 0.3 is 0 Å². The van der Waals surface area contributed by atoms with Gasteiger partial charge < -0.3 is 14.5 Å². The van der Waals surface area contributed by atoms with Crippen LogP contribution in [0.3, 0.4) is 0 Å². The van der Waals surface area contributed by atoms with Crippen molar-refractivity contribution >= 4 is 15.9 Å². The Morgan fingerprint density at radius 2 is 2.50 bits per heavy atom. The van der Waals surface area contributed by atoms with Gasteiger partial charge in [-0.05, 0) is 47.3 Å². The Hall–Kier alpha value is -0.320. The lowest BCUT2D eigenvalue weighted by Crippen LogP contribution is -2.23. The lowest BCUT2D eigenvalue weighted by Gasteiger charge is -2.19. The molecule has 2 unspecified atom stereocenters. The molecule has 1 N–H and O–H groups in total. The van der Waals surface area contributed by atoms with E-state index in [0.717, 1.165) is 36.4 Å². The maximum Gasteiger partial charge on any atom is 0.134 e. The highest BCUT2D eigenvalue weighted by atomic mass is 79.9. The van der Waals surface area contributed by atoms with E-state index in [1.54, 1.807) is 6.26 Å². The maximum absolute atomic E-state index is 5.54. The Kier molecular flexibility index (Phi) is 4.44. The van der Waals surface area contributed by atoms with Crippen LogP contribution in [0.4, 0.5) is 0 Å². The molecule has 1 aliphatic rings. The van der Waals surface area contributed by atoms with Crippen LogP contribution in [-0.2, 0) is 4.74 Å². The summed E-state index contributed by atoms with van der Waals surface area (Å²) in [6.07, 6.45) is 3.98. The van der Waals surface area contributed by atoms with Crippen LogP contribution < -0.4 is 5.32 Å². The van der Waals surface area contributed by atoms with Crippen molar-refractivity contribution in [3.05, 3.63) is 22.6 Å². The molecule has 16 heavy (non-hydrogen) atoms. The quantitative estimate of drug-likeness (QED) is 0.904. The average Bonchev–Trinajstić information content (AvgIpc) is 2.88. The molecule has 0 bridgehead atoms. The van der Waals surface area contributed by atoms with Crippen LogP contribution in [0.5, 0.6) is 0 Å². The lowest BCUT2D eigenvalue weighted by molar-refractivity contribution is 0.180. The second-order valence-corrected chi connectivity index (χ2v) is 5.06. The molecule has 1 aromatic heterocycles. The van der Waals surface area contributed by atoms with Crippen molar-refractivity contribution in [2.24, 2.45) is 5.92 Å². The zero-order valence-corrected chi connectivity index (χ0v) is 11.1. The Labute approximate surface area is 105 Å². The normalized spacial score (nSPS) is 22.5. The summed E-state index contributed by atoms with van der Waals surface area (Å²) in [6.45, 7) is 4.86. The molecule has 0 radical (unpaired) electrons. The fourth-order valence-electron chi connectivity index (χ4n) is 2.19. The Bertz CT molecular complexity index is 321. The van der Waals surface area contributed by atoms with Crippen molar-refractivity contribution in [1.29, 1.82) is 0 Å². The molecular formula is C12H18BrNO2. The summed E-state index contributed by atoms with van der Waals surface area (Å²) in [4.78, 5) is 0. The SMILES string of the molecule is CCNC(CC1CCOC1)c1occc1Br. The standard InChI is InChI=1S/C12H18BrNO2/c1-2-14-11(7-9-3-5-15-8-9)12-10(13)4-6-16-12/h4,6,9,11,14H,2-3,5,7-8H2,1H3. The molecule has 3 nitrogen and oxygen atoms in total. The van der Waals surface area contributed by atoms with Crippen LogP contribution in [0.2, 0.25) is 0 Å². The van der Waals surface area contributed by atoms with E-state index >= 15 is 0 Å². The number of hydrogen-bond donors (Lipinski definition) is 1. The van der Waals surface area contributed by atoms with Crippen molar-refractivity contribution in [3.8, 4) is 0 Å². The van der Waals surface area contributed by atoms with Crippen LogP contribution in [-0.4, -0.2) is 19.8 Å². The number of nitrogens with one attached hydrogen (secondary N) is 1. The first-order valence-corrected chi connectivity index (χ1v) is 6.64. The van der Waals surface area contributed by atoms with Gasteiger partial charge in [0.05, 0.1) is 16.8 Å². The largest absolute Gasteiger partial charge is 0.466 e. The molecule has 1 aromatic rings. The van der Waals surface area contributed by atoms with E-state index in [0.29, 0.717) is 12.0 Å². The summed E-state index contributed by atoms with van der Waals surface area (Å²) < 4.78 is 12.0. The summed E-state index contributed by atoms with van der Waals surface area (Å²) >= 11 is 3.52. The van der Waals surface area contributed by atoms with Gasteiger partial charge in [-0.15, -0.1) is 0 Å². The van der Waals surface area contributed by atoms with Gasteiger partial charge in [-0.25, -0.2) is 0 Å². The van der Waals surface area contributed by atoms with Crippen molar-refractivity contribution in [2.75, 3.05) is 19.8 Å². The minimum absolute atomic E-state index is 0.293. The van der Waals surface area contributed by atoms with Crippen LogP contribution in [0.25, 0.3) is 0 Å². The van der Waals surface area contributed by atoms with E-state index in [2.05, 4.69) is 28.2 Å². The van der Waals surface area contributed by atoms with E-state index in [-0.39, 0.29) is 0 Å². The zero-order valence-electron chi connectivity index (χ0n) is 9.54. The van der Waals surface area contributed by atoms with E-state index < -0.39 is 0 Å². The van der Waals surface area contributed by atoms with Gasteiger partial charge in [-0.3, -0.25) is 0 Å². The van der Waals surface area contributed by atoms with Crippen LogP contribution >= 0.6 is 15.9 Å². The summed E-state index contributed by atoms with van der Waals surface area (Å²) in [6, 6.07) is 2.24. The third-order valence-electron chi connectivity index (χ3n) is 3.00. The molecule has 0 spiro atoms. The number of ether oxygens (including phenoxy) is 1. The fourth-order valence-corrected chi connectivity index (χ4v) is 2.66. The molecule has 1 aliphatic heterocycles. The lowest BCUT2D eigenvalue weighted by atomic mass is 9.97. The first kappa shape index (κ1) is 12.1. The number of furan rings is 1. The molecule has 0 saturated carbocycles. The summed E-state index contributed by atoms with van der Waals surface area (Å²) in [7, 11) is 0. The zero-order chi connectivity index (χ0) is 11.4. The van der Waals surface area contributed by atoms with Crippen LogP contribution in [0.1, 0.15) is 31.6 Å². The highest BCUT2D eigenvalue weighted by Crippen LogP contribution is 2.31. The molecule has 0 aliphatic carbocycles. The first-order valence-electron chi connectivity index (χ1n) is 5.85. The van der Waals surface area contributed by atoms with E-state index in [1.165, 1.54) is 6.42 Å². The second-order valence-electron chi connectivity index (χ2n) is 4.21. The molecule has 0 aromatic carbocycles. The molecule has 4 heteroatoms. The Morgan fingerprint density at radius 1 is 1.62 bits per heavy atom. The summed E-state index contributed by atoms with van der Waals surface area (Å²) in [5, 5.41) is 3.47. The maximum atomic E-state index is 5.54. The molecule has 2 heterocycles. The predicted octanol–water partition coefficient (Wildman–Crippen LogP) is 3.12. The van der Waals surface area contributed by atoms with Crippen molar-refractivity contribution in [3.63, 3.8) is 0 Å². The summed E-state index contributed by atoms with van der Waals surface area (Å²) in [5.41, 5.74) is 0. The number of hydrogen-bond acceptors (Lipinski definition) is 3. The van der Waals surface area contributed by atoms with E-state index in [9.17, 15) is 0 Å². The molecule has 0 amide bonds. The molecule has 1 fully saturated rings. The van der Waals surface area contributed by atoms with Crippen molar-refractivity contribution in [2.45, 2.75) is 25.8 Å². The molecule has 90 valence electrons. The van der Waals surface area contributed by atoms with Crippen LogP contribution in [0.15, 0.2) is 21.2 Å². The highest BCUT2D eigenvalue weighted by molar-refractivity contribution is 9.10. The third-order valence-corrected chi connectivity index (χ3v) is 3.66. The van der Waals surface area contributed by atoms with Gasteiger partial charge in [0.15, 0.2) is 0 Å². The molecule has 2 rings (SSSR count). The summed E-state index contributed by atoms with van der Waals surface area (Å²) in [5.74, 6) is 1.66. The van der Waals surface area contributed by atoms with E-state index in [1.807, 2.05) is 6.07 Å². The number of halogens is 1. The molecule has 2 atom stereocenters. The Morgan fingerprint density at radius 3 is 3.06 bits per heavy atom. The van der Waals surface area contributed by atoms with Crippen molar-refractivity contribution in [1.82, 2.24) is 5.32 Å². The van der Waals surface area contributed by atoms with E-state index in [4.69, 9.17) is 9.15 Å². The molecule has 1 saturated heterocycles. The minimum Gasteiger partial charge on any atom is -0.466 e. The van der Waals surface area contributed by atoms with Gasteiger partial charge in [0.2, 0.25) is 0 Å². The molecular weight excluding hydrogens is 270 g/mol. The Balaban J connectivity index is 2.01.